The molecule has 2 heterocycles. The molecule has 0 bridgehead atoms. The molecule has 0 spiro atoms. The number of carbonyl (C=O) groups excluding carboxylic acids is 3. The van der Waals surface area contributed by atoms with Crippen molar-refractivity contribution in [3.8, 4) is 0 Å². The first-order valence-electron chi connectivity index (χ1n) is 11.2. The summed E-state index contributed by atoms with van der Waals surface area (Å²) in [6.45, 7) is 4.34. The number of rotatable bonds is 6. The van der Waals surface area contributed by atoms with E-state index in [0.29, 0.717) is 0 Å². The van der Waals surface area contributed by atoms with Crippen LogP contribution in [-0.2, 0) is 29.0 Å². The highest BCUT2D eigenvalue weighted by Crippen LogP contribution is 2.31. The number of nitrogens with one attached hydrogen (secondary N) is 1. The number of ether oxygens (including phenoxy) is 1. The van der Waals surface area contributed by atoms with E-state index >= 15 is 0 Å². The molecule has 4 rings (SSSR count). The maximum Gasteiger partial charge on any atom is 0.359 e. The summed E-state index contributed by atoms with van der Waals surface area (Å²) in [5.41, 5.74) is 1.13. The molecular weight excluding hydrogens is 408 g/mol. The van der Waals surface area contributed by atoms with Crippen molar-refractivity contribution in [3.05, 3.63) is 53.1 Å². The van der Waals surface area contributed by atoms with Gasteiger partial charge < -0.3 is 19.5 Å². The van der Waals surface area contributed by atoms with E-state index in [1.54, 1.807) is 16.4 Å². The van der Waals surface area contributed by atoms with Gasteiger partial charge in [-0.1, -0.05) is 44.0 Å². The van der Waals surface area contributed by atoms with Crippen LogP contribution in [-0.4, -0.2) is 50.9 Å². The number of amides is 2. The van der Waals surface area contributed by atoms with Crippen LogP contribution in [0.2, 0.25) is 0 Å². The van der Waals surface area contributed by atoms with E-state index in [4.69, 9.17) is 4.74 Å². The molecule has 2 aliphatic rings. The second-order valence-corrected chi connectivity index (χ2v) is 8.85. The number of nitrogens with zero attached hydrogens (tertiary/aromatic N) is 3. The van der Waals surface area contributed by atoms with Crippen molar-refractivity contribution in [1.82, 2.24) is 19.8 Å². The van der Waals surface area contributed by atoms with Crippen molar-refractivity contribution < 1.29 is 19.1 Å². The van der Waals surface area contributed by atoms with Gasteiger partial charge in [0.1, 0.15) is 11.2 Å². The summed E-state index contributed by atoms with van der Waals surface area (Å²) in [5, 5.41) is 3.16. The summed E-state index contributed by atoms with van der Waals surface area (Å²) in [7, 11) is 1.26. The van der Waals surface area contributed by atoms with E-state index in [9.17, 15) is 14.4 Å². The van der Waals surface area contributed by atoms with Crippen molar-refractivity contribution in [3.63, 3.8) is 0 Å². The summed E-state index contributed by atoms with van der Waals surface area (Å²) < 4.78 is 6.41. The lowest BCUT2D eigenvalue weighted by Gasteiger charge is -2.44. The van der Waals surface area contributed by atoms with E-state index < -0.39 is 17.4 Å². The molecule has 1 atom stereocenters. The second-order valence-electron chi connectivity index (χ2n) is 8.85. The number of hydrogen-bond donors (Lipinski definition) is 1. The number of imidazole rings is 1. The number of esters is 1. The van der Waals surface area contributed by atoms with Crippen LogP contribution < -0.4 is 5.32 Å². The van der Waals surface area contributed by atoms with Gasteiger partial charge in [-0.3, -0.25) is 9.59 Å². The zero-order chi connectivity index (χ0) is 22.9. The van der Waals surface area contributed by atoms with Gasteiger partial charge in [-0.15, -0.1) is 0 Å². The fourth-order valence-corrected chi connectivity index (χ4v) is 4.66. The highest BCUT2D eigenvalue weighted by Gasteiger charge is 2.49. The largest absolute Gasteiger partial charge is 0.464 e. The van der Waals surface area contributed by atoms with Crippen molar-refractivity contribution in [2.45, 2.75) is 70.6 Å². The van der Waals surface area contributed by atoms with Crippen LogP contribution in [0.4, 0.5) is 0 Å². The molecule has 1 aromatic heterocycles. The molecule has 2 aromatic rings. The Morgan fingerprint density at radius 3 is 2.47 bits per heavy atom. The minimum Gasteiger partial charge on any atom is -0.464 e. The molecule has 0 saturated heterocycles. The van der Waals surface area contributed by atoms with Crippen molar-refractivity contribution in [1.29, 1.82) is 0 Å². The molecule has 1 fully saturated rings. The SMILES string of the molecule is CCc1ccc(CN2C(=O)c3c(C(=O)OC)ncn3C[C@]2(C)C(=O)NC2CCCC2)cc1. The molecule has 1 aliphatic carbocycles. The Hall–Kier alpha value is -3.16. The number of aromatic nitrogens is 2. The Morgan fingerprint density at radius 1 is 1.19 bits per heavy atom. The molecule has 0 radical (unpaired) electrons. The number of methoxy groups -OCH3 is 1. The topological polar surface area (TPSA) is 93.5 Å². The van der Waals surface area contributed by atoms with Gasteiger partial charge in [-0.25, -0.2) is 9.78 Å². The maximum absolute atomic E-state index is 13.7. The lowest BCUT2D eigenvalue weighted by atomic mass is 9.93. The number of hydrogen-bond acceptors (Lipinski definition) is 5. The molecule has 2 amide bonds. The first-order chi connectivity index (χ1) is 15.4. The first kappa shape index (κ1) is 22.0. The molecule has 32 heavy (non-hydrogen) atoms. The van der Waals surface area contributed by atoms with Gasteiger partial charge >= 0.3 is 5.97 Å². The summed E-state index contributed by atoms with van der Waals surface area (Å²) in [5.74, 6) is -1.25. The molecule has 8 nitrogen and oxygen atoms in total. The standard InChI is InChI=1S/C24H30N4O4/c1-4-16-9-11-17(12-10-16)13-28-21(29)20-19(22(30)32-3)25-15-27(20)14-24(28,2)23(31)26-18-7-5-6-8-18/h9-12,15,18H,4-8,13-14H2,1-3H3,(H,26,31)/t24-/m1/s1. The Morgan fingerprint density at radius 2 is 1.84 bits per heavy atom. The normalized spacial score (nSPS) is 20.8. The minimum absolute atomic E-state index is 0.0259. The third-order valence-electron chi connectivity index (χ3n) is 6.69. The molecule has 0 unspecified atom stereocenters. The monoisotopic (exact) mass is 438 g/mol. The fraction of sp³-hybridized carbons (Fsp3) is 0.500. The molecule has 1 aromatic carbocycles. The summed E-state index contributed by atoms with van der Waals surface area (Å²) in [6.07, 6.45) is 6.47. The zero-order valence-corrected chi connectivity index (χ0v) is 18.9. The van der Waals surface area contributed by atoms with Crippen LogP contribution in [0.3, 0.4) is 0 Å². The fourth-order valence-electron chi connectivity index (χ4n) is 4.66. The van der Waals surface area contributed by atoms with Gasteiger partial charge in [0.25, 0.3) is 5.91 Å². The van der Waals surface area contributed by atoms with Crippen LogP contribution in [0.15, 0.2) is 30.6 Å². The third kappa shape index (κ3) is 3.89. The Kier molecular flexibility index (Phi) is 6.04. The van der Waals surface area contributed by atoms with E-state index in [2.05, 4.69) is 17.2 Å². The average molecular weight is 439 g/mol. The summed E-state index contributed by atoms with van der Waals surface area (Å²) in [6, 6.07) is 8.16. The predicted molar refractivity (Wildman–Crippen MR) is 118 cm³/mol. The van der Waals surface area contributed by atoms with Crippen LogP contribution >= 0.6 is 0 Å². The average Bonchev–Trinajstić information content (AvgIpc) is 3.46. The molecule has 1 aliphatic heterocycles. The van der Waals surface area contributed by atoms with Gasteiger partial charge in [0.2, 0.25) is 5.91 Å². The second kappa shape index (κ2) is 8.76. The smallest absolute Gasteiger partial charge is 0.359 e. The van der Waals surface area contributed by atoms with Gasteiger partial charge in [0.15, 0.2) is 5.69 Å². The first-order valence-corrected chi connectivity index (χ1v) is 11.2. The molecule has 1 saturated carbocycles. The number of aryl methyl sites for hydroxylation is 1. The van der Waals surface area contributed by atoms with Gasteiger partial charge in [-0.2, -0.15) is 0 Å². The van der Waals surface area contributed by atoms with Gasteiger partial charge in [0.05, 0.1) is 20.0 Å². The highest BCUT2D eigenvalue weighted by atomic mass is 16.5. The highest BCUT2D eigenvalue weighted by molar-refractivity contribution is 6.06. The Bertz CT molecular complexity index is 1020. The van der Waals surface area contributed by atoms with E-state index in [1.165, 1.54) is 19.0 Å². The minimum atomic E-state index is -1.12. The van der Waals surface area contributed by atoms with Gasteiger partial charge in [-0.05, 0) is 37.3 Å². The molecule has 170 valence electrons. The quantitative estimate of drug-likeness (QED) is 0.700. The maximum atomic E-state index is 13.7. The molecule has 8 heteroatoms. The summed E-state index contributed by atoms with van der Waals surface area (Å²) in [4.78, 5) is 45.1. The number of benzene rings is 1. The zero-order valence-electron chi connectivity index (χ0n) is 18.9. The van der Waals surface area contributed by atoms with E-state index in [-0.39, 0.29) is 36.4 Å². The van der Waals surface area contributed by atoms with E-state index in [1.807, 2.05) is 24.3 Å². The predicted octanol–water partition coefficient (Wildman–Crippen LogP) is 2.71. The van der Waals surface area contributed by atoms with Crippen LogP contribution in [0.5, 0.6) is 0 Å². The summed E-state index contributed by atoms with van der Waals surface area (Å²) >= 11 is 0. The van der Waals surface area contributed by atoms with Crippen LogP contribution in [0.1, 0.15) is 71.6 Å². The lowest BCUT2D eigenvalue weighted by molar-refractivity contribution is -0.134. The van der Waals surface area contributed by atoms with Crippen LogP contribution in [0, 0.1) is 0 Å². The Labute approximate surface area is 187 Å². The van der Waals surface area contributed by atoms with Crippen LogP contribution in [0.25, 0.3) is 0 Å². The number of fused-ring (bicyclic) bond motifs is 1. The van der Waals surface area contributed by atoms with Crippen molar-refractivity contribution >= 4 is 17.8 Å². The number of carbonyl (C=O) groups is 3. The molecule has 1 N–H and O–H groups in total. The Balaban J connectivity index is 1.71. The van der Waals surface area contributed by atoms with Crippen molar-refractivity contribution in [2.24, 2.45) is 0 Å². The lowest BCUT2D eigenvalue weighted by Crippen LogP contribution is -2.64. The third-order valence-corrected chi connectivity index (χ3v) is 6.69. The van der Waals surface area contributed by atoms with E-state index in [0.717, 1.165) is 37.7 Å². The van der Waals surface area contributed by atoms with Crippen molar-refractivity contribution in [2.75, 3.05) is 7.11 Å². The molecular formula is C24H30N4O4. The van der Waals surface area contributed by atoms with Gasteiger partial charge in [0, 0.05) is 12.6 Å².